The van der Waals surface area contributed by atoms with Gasteiger partial charge in [0.1, 0.15) is 0 Å². The molecule has 0 saturated carbocycles. The molecule has 1 aliphatic heterocycles. The number of hydrogen-bond donors (Lipinski definition) is 1. The lowest BCUT2D eigenvalue weighted by Crippen LogP contribution is -2.27. The molecule has 0 atom stereocenters. The predicted octanol–water partition coefficient (Wildman–Crippen LogP) is 2.58. The average molecular weight is 380 g/mol. The zero-order valence-corrected chi connectivity index (χ0v) is 15.5. The highest BCUT2D eigenvalue weighted by Crippen LogP contribution is 2.24. The first-order valence-corrected chi connectivity index (χ1v) is 10.9. The number of anilines is 1. The van der Waals surface area contributed by atoms with E-state index in [1.165, 1.54) is 40.7 Å². The van der Waals surface area contributed by atoms with Crippen molar-refractivity contribution in [1.82, 2.24) is 4.31 Å². The molecule has 0 bridgehead atoms. The van der Waals surface area contributed by atoms with E-state index in [9.17, 15) is 16.8 Å². The molecule has 1 heterocycles. The van der Waals surface area contributed by atoms with Crippen LogP contribution in [0.3, 0.4) is 0 Å². The smallest absolute Gasteiger partial charge is 0.261 e. The molecule has 0 aromatic heterocycles. The van der Waals surface area contributed by atoms with Crippen LogP contribution in [-0.4, -0.2) is 34.2 Å². The molecule has 6 nitrogen and oxygen atoms in total. The van der Waals surface area contributed by atoms with E-state index in [4.69, 9.17) is 0 Å². The first kappa shape index (κ1) is 17.9. The van der Waals surface area contributed by atoms with Crippen LogP contribution in [0.1, 0.15) is 18.4 Å². The van der Waals surface area contributed by atoms with Crippen molar-refractivity contribution in [2.75, 3.05) is 17.8 Å². The summed E-state index contributed by atoms with van der Waals surface area (Å²) in [6, 6.07) is 12.4. The quantitative estimate of drug-likeness (QED) is 0.864. The van der Waals surface area contributed by atoms with Crippen LogP contribution < -0.4 is 4.72 Å². The fourth-order valence-electron chi connectivity index (χ4n) is 2.73. The number of benzene rings is 2. The summed E-state index contributed by atoms with van der Waals surface area (Å²) in [5, 5.41) is 0. The van der Waals surface area contributed by atoms with Crippen LogP contribution in [0.2, 0.25) is 0 Å². The lowest BCUT2D eigenvalue weighted by Gasteiger charge is -2.16. The number of hydrogen-bond acceptors (Lipinski definition) is 4. The summed E-state index contributed by atoms with van der Waals surface area (Å²) in [7, 11) is -7.36. The van der Waals surface area contributed by atoms with Crippen LogP contribution in [0.15, 0.2) is 58.3 Å². The van der Waals surface area contributed by atoms with E-state index in [2.05, 4.69) is 4.72 Å². The second kappa shape index (κ2) is 6.78. The summed E-state index contributed by atoms with van der Waals surface area (Å²) in [6.07, 6.45) is 1.69. The molecule has 3 rings (SSSR count). The Morgan fingerprint density at radius 1 is 0.880 bits per heavy atom. The Morgan fingerprint density at radius 2 is 1.52 bits per heavy atom. The van der Waals surface area contributed by atoms with Crippen molar-refractivity contribution < 1.29 is 16.8 Å². The molecule has 2 aromatic carbocycles. The van der Waals surface area contributed by atoms with Gasteiger partial charge in [0.25, 0.3) is 10.0 Å². The molecule has 0 amide bonds. The Hall–Kier alpha value is -1.90. The fourth-order valence-corrected chi connectivity index (χ4v) is 5.34. The van der Waals surface area contributed by atoms with Gasteiger partial charge in [-0.2, -0.15) is 4.31 Å². The monoisotopic (exact) mass is 380 g/mol. The molecule has 25 heavy (non-hydrogen) atoms. The van der Waals surface area contributed by atoms with E-state index in [-0.39, 0.29) is 15.5 Å². The number of sulfonamides is 2. The van der Waals surface area contributed by atoms with Crippen LogP contribution in [0.5, 0.6) is 0 Å². The van der Waals surface area contributed by atoms with E-state index in [1.807, 2.05) is 6.92 Å². The van der Waals surface area contributed by atoms with E-state index >= 15 is 0 Å². The second-order valence-electron chi connectivity index (χ2n) is 6.06. The van der Waals surface area contributed by atoms with Crippen molar-refractivity contribution in [3.63, 3.8) is 0 Å². The van der Waals surface area contributed by atoms with Gasteiger partial charge >= 0.3 is 0 Å². The molecule has 1 fully saturated rings. The van der Waals surface area contributed by atoms with E-state index in [0.29, 0.717) is 13.1 Å². The Bertz CT molecular complexity index is 962. The molecule has 8 heteroatoms. The van der Waals surface area contributed by atoms with E-state index in [0.717, 1.165) is 18.4 Å². The minimum absolute atomic E-state index is 0.0958. The maximum Gasteiger partial charge on any atom is 0.261 e. The van der Waals surface area contributed by atoms with Crippen molar-refractivity contribution in [1.29, 1.82) is 0 Å². The molecule has 0 unspecified atom stereocenters. The largest absolute Gasteiger partial charge is 0.280 e. The van der Waals surface area contributed by atoms with Gasteiger partial charge in [0.2, 0.25) is 10.0 Å². The van der Waals surface area contributed by atoms with Crippen molar-refractivity contribution in [2.24, 2.45) is 0 Å². The van der Waals surface area contributed by atoms with Crippen LogP contribution in [0.4, 0.5) is 5.69 Å². The number of nitrogens with one attached hydrogen (secondary N) is 1. The van der Waals surface area contributed by atoms with Crippen LogP contribution in [0.25, 0.3) is 0 Å². The summed E-state index contributed by atoms with van der Waals surface area (Å²) >= 11 is 0. The van der Waals surface area contributed by atoms with Crippen molar-refractivity contribution >= 4 is 25.7 Å². The van der Waals surface area contributed by atoms with Crippen molar-refractivity contribution in [2.45, 2.75) is 29.6 Å². The zero-order chi connectivity index (χ0) is 18.1. The third-order valence-electron chi connectivity index (χ3n) is 4.12. The van der Waals surface area contributed by atoms with Gasteiger partial charge in [-0.05, 0) is 50.1 Å². The predicted molar refractivity (Wildman–Crippen MR) is 96.4 cm³/mol. The molecular formula is C17H20N2O4S2. The summed E-state index contributed by atoms with van der Waals surface area (Å²) in [6.45, 7) is 2.87. The van der Waals surface area contributed by atoms with Gasteiger partial charge < -0.3 is 0 Å². The zero-order valence-electron chi connectivity index (χ0n) is 13.8. The van der Waals surface area contributed by atoms with Gasteiger partial charge in [0, 0.05) is 13.1 Å². The minimum Gasteiger partial charge on any atom is -0.280 e. The molecule has 1 N–H and O–H groups in total. The van der Waals surface area contributed by atoms with Gasteiger partial charge in [-0.25, -0.2) is 16.8 Å². The van der Waals surface area contributed by atoms with Crippen molar-refractivity contribution in [3.05, 3.63) is 54.1 Å². The maximum atomic E-state index is 12.6. The average Bonchev–Trinajstić information content (AvgIpc) is 3.10. The maximum absolute atomic E-state index is 12.6. The summed E-state index contributed by atoms with van der Waals surface area (Å²) < 4.78 is 54.0. The third kappa shape index (κ3) is 3.86. The molecule has 2 aromatic rings. The molecular weight excluding hydrogens is 360 g/mol. The SMILES string of the molecule is Cc1ccc(S(=O)(=O)Nc2cccc(S(=O)(=O)N3CCCC3)c2)cc1. The molecule has 0 aliphatic carbocycles. The van der Waals surface area contributed by atoms with Crippen molar-refractivity contribution in [3.8, 4) is 0 Å². The topological polar surface area (TPSA) is 83.5 Å². The van der Waals surface area contributed by atoms with Gasteiger partial charge in [-0.1, -0.05) is 23.8 Å². The molecule has 134 valence electrons. The van der Waals surface area contributed by atoms with Crippen LogP contribution >= 0.6 is 0 Å². The highest BCUT2D eigenvalue weighted by molar-refractivity contribution is 7.92. The highest BCUT2D eigenvalue weighted by atomic mass is 32.2. The van der Waals surface area contributed by atoms with E-state index < -0.39 is 20.0 Å². The fraction of sp³-hybridized carbons (Fsp3) is 0.294. The Balaban J connectivity index is 1.88. The molecule has 0 radical (unpaired) electrons. The Labute approximate surface area is 148 Å². The first-order valence-electron chi connectivity index (χ1n) is 7.99. The van der Waals surface area contributed by atoms with Crippen LogP contribution in [0, 0.1) is 6.92 Å². The lowest BCUT2D eigenvalue weighted by atomic mass is 10.2. The van der Waals surface area contributed by atoms with Gasteiger partial charge in [-0.15, -0.1) is 0 Å². The second-order valence-corrected chi connectivity index (χ2v) is 9.68. The summed E-state index contributed by atoms with van der Waals surface area (Å²) in [5.74, 6) is 0. The first-order chi connectivity index (χ1) is 11.8. The Morgan fingerprint density at radius 3 is 2.16 bits per heavy atom. The van der Waals surface area contributed by atoms with Gasteiger partial charge in [-0.3, -0.25) is 4.72 Å². The molecule has 0 spiro atoms. The Kier molecular flexibility index (Phi) is 4.86. The molecule has 1 saturated heterocycles. The van der Waals surface area contributed by atoms with Gasteiger partial charge in [0.05, 0.1) is 15.5 Å². The molecule has 1 aliphatic rings. The minimum atomic E-state index is -3.77. The van der Waals surface area contributed by atoms with E-state index in [1.54, 1.807) is 12.1 Å². The lowest BCUT2D eigenvalue weighted by molar-refractivity contribution is 0.477. The summed E-state index contributed by atoms with van der Waals surface area (Å²) in [4.78, 5) is 0.226. The third-order valence-corrected chi connectivity index (χ3v) is 7.41. The number of rotatable bonds is 5. The van der Waals surface area contributed by atoms with Gasteiger partial charge in [0.15, 0.2) is 0 Å². The normalized spacial score (nSPS) is 16.0. The number of nitrogens with zero attached hydrogens (tertiary/aromatic N) is 1. The number of aryl methyl sites for hydroxylation is 1. The summed E-state index contributed by atoms with van der Waals surface area (Å²) in [5.41, 5.74) is 1.18. The standard InChI is InChI=1S/C17H20N2O4S2/c1-14-7-9-16(10-8-14)24(20,21)18-15-5-4-6-17(13-15)25(22,23)19-11-2-3-12-19/h4-10,13,18H,2-3,11-12H2,1H3. The highest BCUT2D eigenvalue weighted by Gasteiger charge is 2.27. The van der Waals surface area contributed by atoms with Crippen LogP contribution in [-0.2, 0) is 20.0 Å².